The van der Waals surface area contributed by atoms with Crippen LogP contribution in [0.4, 0.5) is 0 Å². The molecule has 0 unspecified atom stereocenters. The van der Waals surface area contributed by atoms with Crippen molar-refractivity contribution in [3.05, 3.63) is 11.9 Å². The lowest BCUT2D eigenvalue weighted by atomic mass is 9.83. The summed E-state index contributed by atoms with van der Waals surface area (Å²) in [5.41, 5.74) is 5.88. The van der Waals surface area contributed by atoms with Crippen LogP contribution in [-0.4, -0.2) is 68.8 Å². The zero-order chi connectivity index (χ0) is 18.0. The van der Waals surface area contributed by atoms with E-state index in [0.717, 1.165) is 19.4 Å². The molecule has 2 atom stereocenters. The van der Waals surface area contributed by atoms with Gasteiger partial charge in [-0.05, 0) is 24.7 Å². The fraction of sp³-hybridized carbons (Fsp3) is 0.765. The summed E-state index contributed by atoms with van der Waals surface area (Å²) in [4.78, 5) is 28.9. The largest absolute Gasteiger partial charge is 0.339 e. The minimum absolute atomic E-state index is 0. The van der Waals surface area contributed by atoms with Gasteiger partial charge in [0.25, 0.3) is 5.91 Å². The average Bonchev–Trinajstić information content (AvgIpc) is 3.05. The maximum absolute atomic E-state index is 12.7. The van der Waals surface area contributed by atoms with E-state index in [2.05, 4.69) is 29.1 Å². The number of halogens is 1. The topological polar surface area (TPSA) is 97.4 Å². The van der Waals surface area contributed by atoms with Gasteiger partial charge in [0.15, 0.2) is 5.69 Å². The first-order chi connectivity index (χ1) is 12.0. The minimum Gasteiger partial charge on any atom is -0.339 e. The predicted molar refractivity (Wildman–Crippen MR) is 99.9 cm³/mol. The summed E-state index contributed by atoms with van der Waals surface area (Å²) in [6.07, 6.45) is 3.95. The molecule has 1 aromatic rings. The SMILES string of the molecule is CC(C)CN1C(=O)CC[C@H]2CN(C(=O)c3cn(CCN)nn3)CC[C@H]21.Cl. The van der Waals surface area contributed by atoms with E-state index in [4.69, 9.17) is 5.73 Å². The Labute approximate surface area is 160 Å². The van der Waals surface area contributed by atoms with E-state index in [1.165, 1.54) is 0 Å². The van der Waals surface area contributed by atoms with Crippen LogP contribution < -0.4 is 5.73 Å². The van der Waals surface area contributed by atoms with Crippen LogP contribution in [0.15, 0.2) is 6.20 Å². The molecule has 0 saturated carbocycles. The number of carbonyl (C=O) groups excluding carboxylic acids is 2. The fourth-order valence-corrected chi connectivity index (χ4v) is 3.97. The number of carbonyl (C=O) groups is 2. The second-order valence-corrected chi connectivity index (χ2v) is 7.50. The summed E-state index contributed by atoms with van der Waals surface area (Å²) in [6.45, 7) is 7.45. The maximum atomic E-state index is 12.7. The van der Waals surface area contributed by atoms with Crippen molar-refractivity contribution in [3.63, 3.8) is 0 Å². The maximum Gasteiger partial charge on any atom is 0.276 e. The lowest BCUT2D eigenvalue weighted by Crippen LogP contribution is -2.57. The molecule has 2 aliphatic rings. The molecule has 2 fully saturated rings. The Morgan fingerprint density at radius 1 is 1.38 bits per heavy atom. The molecule has 0 spiro atoms. The Bertz CT molecular complexity index is 635. The standard InChI is InChI=1S/C17H28N6O2.ClH/c1-12(2)9-23-15-5-7-21(10-13(15)3-4-16(23)24)17(25)14-11-22(8-6-18)20-19-14;/h11-13,15H,3-10,18H2,1-2H3;1H/t13-,15+;/m0./s1. The molecule has 3 heterocycles. The first-order valence-electron chi connectivity index (χ1n) is 9.18. The van der Waals surface area contributed by atoms with Crippen LogP contribution in [0.1, 0.15) is 43.6 Å². The third-order valence-corrected chi connectivity index (χ3v) is 5.11. The molecule has 2 saturated heterocycles. The average molecular weight is 385 g/mol. The van der Waals surface area contributed by atoms with Gasteiger partial charge in [0.2, 0.25) is 5.91 Å². The Balaban J connectivity index is 0.00000243. The molecule has 2 N–H and O–H groups in total. The van der Waals surface area contributed by atoms with Gasteiger partial charge < -0.3 is 15.5 Å². The Hall–Kier alpha value is -1.67. The quantitative estimate of drug-likeness (QED) is 0.808. The molecule has 26 heavy (non-hydrogen) atoms. The molecular formula is C17H29ClN6O2. The van der Waals surface area contributed by atoms with Crippen LogP contribution in [-0.2, 0) is 11.3 Å². The summed E-state index contributed by atoms with van der Waals surface area (Å²) < 4.78 is 1.60. The number of nitrogens with zero attached hydrogens (tertiary/aromatic N) is 5. The van der Waals surface area contributed by atoms with E-state index in [9.17, 15) is 9.59 Å². The molecule has 1 aromatic heterocycles. The van der Waals surface area contributed by atoms with Gasteiger partial charge in [0.05, 0.1) is 12.7 Å². The monoisotopic (exact) mass is 384 g/mol. The van der Waals surface area contributed by atoms with Gasteiger partial charge in [0, 0.05) is 38.6 Å². The molecule has 9 heteroatoms. The van der Waals surface area contributed by atoms with Crippen molar-refractivity contribution >= 4 is 24.2 Å². The summed E-state index contributed by atoms with van der Waals surface area (Å²) in [5.74, 6) is 1.00. The van der Waals surface area contributed by atoms with Gasteiger partial charge >= 0.3 is 0 Å². The van der Waals surface area contributed by atoms with E-state index < -0.39 is 0 Å². The van der Waals surface area contributed by atoms with Crippen LogP contribution >= 0.6 is 12.4 Å². The highest BCUT2D eigenvalue weighted by Crippen LogP contribution is 2.32. The highest BCUT2D eigenvalue weighted by molar-refractivity contribution is 5.92. The lowest BCUT2D eigenvalue weighted by Gasteiger charge is -2.47. The number of nitrogens with two attached hydrogens (primary N) is 1. The second-order valence-electron chi connectivity index (χ2n) is 7.50. The highest BCUT2D eigenvalue weighted by atomic mass is 35.5. The Kier molecular flexibility index (Phi) is 7.00. The summed E-state index contributed by atoms with van der Waals surface area (Å²) in [6, 6.07) is 0.264. The molecular weight excluding hydrogens is 356 g/mol. The van der Waals surface area contributed by atoms with Crippen molar-refractivity contribution in [2.75, 3.05) is 26.2 Å². The van der Waals surface area contributed by atoms with E-state index >= 15 is 0 Å². The lowest BCUT2D eigenvalue weighted by molar-refractivity contribution is -0.141. The molecule has 2 amide bonds. The number of aromatic nitrogens is 3. The molecule has 0 aliphatic carbocycles. The first kappa shape index (κ1) is 20.6. The van der Waals surface area contributed by atoms with Crippen LogP contribution in [0, 0.1) is 11.8 Å². The van der Waals surface area contributed by atoms with Crippen LogP contribution in [0.25, 0.3) is 0 Å². The highest BCUT2D eigenvalue weighted by Gasteiger charge is 2.40. The molecule has 3 rings (SSSR count). The molecule has 8 nitrogen and oxygen atoms in total. The summed E-state index contributed by atoms with van der Waals surface area (Å²) >= 11 is 0. The zero-order valence-electron chi connectivity index (χ0n) is 15.5. The van der Waals surface area contributed by atoms with E-state index in [0.29, 0.717) is 50.1 Å². The van der Waals surface area contributed by atoms with E-state index in [-0.39, 0.29) is 30.3 Å². The molecule has 0 aromatic carbocycles. The predicted octanol–water partition coefficient (Wildman–Crippen LogP) is 0.768. The smallest absolute Gasteiger partial charge is 0.276 e. The molecule has 146 valence electrons. The van der Waals surface area contributed by atoms with Gasteiger partial charge in [0.1, 0.15) is 0 Å². The van der Waals surface area contributed by atoms with Gasteiger partial charge in [-0.1, -0.05) is 19.1 Å². The molecule has 0 bridgehead atoms. The third kappa shape index (κ3) is 4.35. The van der Waals surface area contributed by atoms with Crippen molar-refractivity contribution in [1.82, 2.24) is 24.8 Å². The van der Waals surface area contributed by atoms with Crippen LogP contribution in [0.5, 0.6) is 0 Å². The van der Waals surface area contributed by atoms with E-state index in [1.54, 1.807) is 10.9 Å². The van der Waals surface area contributed by atoms with Crippen LogP contribution in [0.2, 0.25) is 0 Å². The number of rotatable bonds is 5. The van der Waals surface area contributed by atoms with Crippen molar-refractivity contribution in [3.8, 4) is 0 Å². The van der Waals surface area contributed by atoms with Crippen LogP contribution in [0.3, 0.4) is 0 Å². The third-order valence-electron chi connectivity index (χ3n) is 5.11. The number of fused-ring (bicyclic) bond motifs is 1. The number of hydrogen-bond donors (Lipinski definition) is 1. The molecule has 0 radical (unpaired) electrons. The van der Waals surface area contributed by atoms with Crippen molar-refractivity contribution in [2.45, 2.75) is 45.7 Å². The first-order valence-corrected chi connectivity index (χ1v) is 9.18. The Morgan fingerprint density at radius 2 is 2.15 bits per heavy atom. The number of hydrogen-bond acceptors (Lipinski definition) is 5. The Morgan fingerprint density at radius 3 is 2.85 bits per heavy atom. The fourth-order valence-electron chi connectivity index (χ4n) is 3.97. The van der Waals surface area contributed by atoms with Crippen molar-refractivity contribution in [1.29, 1.82) is 0 Å². The van der Waals surface area contributed by atoms with Gasteiger partial charge in [-0.2, -0.15) is 0 Å². The van der Waals surface area contributed by atoms with Gasteiger partial charge in [-0.15, -0.1) is 17.5 Å². The van der Waals surface area contributed by atoms with Crippen molar-refractivity contribution < 1.29 is 9.59 Å². The number of amides is 2. The summed E-state index contributed by atoms with van der Waals surface area (Å²) in [5, 5.41) is 7.93. The zero-order valence-corrected chi connectivity index (χ0v) is 16.3. The minimum atomic E-state index is -0.0750. The number of likely N-dealkylation sites (tertiary alicyclic amines) is 2. The summed E-state index contributed by atoms with van der Waals surface area (Å²) in [7, 11) is 0. The molecule has 2 aliphatic heterocycles. The second kappa shape index (κ2) is 8.81. The van der Waals surface area contributed by atoms with E-state index in [1.807, 2.05) is 4.90 Å². The normalized spacial score (nSPS) is 23.0. The number of piperidine rings is 2. The van der Waals surface area contributed by atoms with Crippen molar-refractivity contribution in [2.24, 2.45) is 17.6 Å². The van der Waals surface area contributed by atoms with Gasteiger partial charge in [-0.3, -0.25) is 14.3 Å². The van der Waals surface area contributed by atoms with Gasteiger partial charge in [-0.25, -0.2) is 0 Å².